The molecular weight excluding hydrogens is 428 g/mol. The normalized spacial score (nSPS) is 15.0. The van der Waals surface area contributed by atoms with E-state index < -0.39 is 5.41 Å². The number of rotatable bonds is 7. The molecule has 0 fully saturated rings. The minimum absolute atomic E-state index is 0.0486. The number of anilines is 2. The first kappa shape index (κ1) is 23.6. The molecule has 6 nitrogen and oxygen atoms in total. The van der Waals surface area contributed by atoms with Gasteiger partial charge >= 0.3 is 0 Å². The fourth-order valence-corrected chi connectivity index (χ4v) is 3.94. The second-order valence-electron chi connectivity index (χ2n) is 9.84. The monoisotopic (exact) mass is 460 g/mol. The van der Waals surface area contributed by atoms with Gasteiger partial charge in [0.05, 0.1) is 11.1 Å². The van der Waals surface area contributed by atoms with Gasteiger partial charge in [-0.15, -0.1) is 0 Å². The Hall–Kier alpha value is -3.54. The van der Waals surface area contributed by atoms with E-state index in [0.29, 0.717) is 29.6 Å². The Morgan fingerprint density at radius 3 is 2.62 bits per heavy atom. The molecule has 1 aliphatic rings. The summed E-state index contributed by atoms with van der Waals surface area (Å²) in [7, 11) is 0. The van der Waals surface area contributed by atoms with Crippen molar-refractivity contribution in [1.29, 1.82) is 0 Å². The molecule has 1 N–H and O–H groups in total. The molecule has 0 saturated carbocycles. The van der Waals surface area contributed by atoms with Crippen molar-refractivity contribution in [3.05, 3.63) is 60.7 Å². The highest BCUT2D eigenvalue weighted by molar-refractivity contribution is 6.00. The first-order valence-corrected chi connectivity index (χ1v) is 11.7. The van der Waals surface area contributed by atoms with Crippen molar-refractivity contribution in [2.45, 2.75) is 34.1 Å². The summed E-state index contributed by atoms with van der Waals surface area (Å²) in [6.07, 6.45) is 0.895. The van der Waals surface area contributed by atoms with Crippen molar-refractivity contribution in [3.8, 4) is 11.5 Å². The van der Waals surface area contributed by atoms with Crippen LogP contribution in [0.4, 0.5) is 11.4 Å². The number of benzene rings is 3. The lowest BCUT2D eigenvalue weighted by atomic mass is 9.92. The van der Waals surface area contributed by atoms with Gasteiger partial charge in [0.2, 0.25) is 5.91 Å². The van der Waals surface area contributed by atoms with E-state index in [1.54, 1.807) is 12.1 Å². The first-order chi connectivity index (χ1) is 16.2. The van der Waals surface area contributed by atoms with Crippen LogP contribution in [0, 0.1) is 11.3 Å². The summed E-state index contributed by atoms with van der Waals surface area (Å²) in [5, 5.41) is 5.05. The molecule has 34 heavy (non-hydrogen) atoms. The van der Waals surface area contributed by atoms with Gasteiger partial charge in [0, 0.05) is 18.3 Å². The van der Waals surface area contributed by atoms with E-state index in [9.17, 15) is 9.59 Å². The topological polar surface area (TPSA) is 67.9 Å². The van der Waals surface area contributed by atoms with Crippen molar-refractivity contribution < 1.29 is 19.1 Å². The Morgan fingerprint density at radius 1 is 1.09 bits per heavy atom. The lowest BCUT2D eigenvalue weighted by molar-refractivity contribution is -0.127. The maximum Gasteiger partial charge on any atom is 0.262 e. The number of amides is 2. The summed E-state index contributed by atoms with van der Waals surface area (Å²) >= 11 is 0. The standard InChI is InChI=1S/C28H32N2O4/c1-19(2)13-14-30-24-12-10-22(16-25(24)34-18-28(3,4)27(30)32)29-26(31)17-33-23-11-9-20-7-5-6-8-21(20)15-23/h5-12,15-16,19H,13-14,17-18H2,1-4H3,(H,29,31). The molecule has 0 aliphatic carbocycles. The number of carbonyl (C=O) groups is 2. The summed E-state index contributed by atoms with van der Waals surface area (Å²) in [6.45, 7) is 8.88. The van der Waals surface area contributed by atoms with E-state index >= 15 is 0 Å². The molecule has 1 aliphatic heterocycles. The van der Waals surface area contributed by atoms with Gasteiger partial charge in [-0.3, -0.25) is 9.59 Å². The molecule has 0 unspecified atom stereocenters. The zero-order chi connectivity index (χ0) is 24.3. The molecule has 2 amide bonds. The van der Waals surface area contributed by atoms with Crippen LogP contribution < -0.4 is 19.7 Å². The maximum atomic E-state index is 13.2. The van der Waals surface area contributed by atoms with E-state index in [2.05, 4.69) is 19.2 Å². The molecule has 4 rings (SSSR count). The average Bonchev–Trinajstić information content (AvgIpc) is 2.90. The Morgan fingerprint density at radius 2 is 1.85 bits per heavy atom. The van der Waals surface area contributed by atoms with Crippen LogP contribution in [-0.2, 0) is 9.59 Å². The summed E-state index contributed by atoms with van der Waals surface area (Å²) in [5.41, 5.74) is 0.705. The number of carbonyl (C=O) groups excluding carboxylic acids is 2. The third-order valence-corrected chi connectivity index (χ3v) is 5.97. The summed E-state index contributed by atoms with van der Waals surface area (Å²) < 4.78 is 11.7. The van der Waals surface area contributed by atoms with Crippen molar-refractivity contribution in [1.82, 2.24) is 0 Å². The van der Waals surface area contributed by atoms with Gasteiger partial charge < -0.3 is 19.7 Å². The molecule has 1 heterocycles. The van der Waals surface area contributed by atoms with Gasteiger partial charge in [0.25, 0.3) is 5.91 Å². The molecule has 0 saturated heterocycles. The van der Waals surface area contributed by atoms with Gasteiger partial charge in [0.15, 0.2) is 6.61 Å². The summed E-state index contributed by atoms with van der Waals surface area (Å²) in [4.78, 5) is 27.5. The second-order valence-corrected chi connectivity index (χ2v) is 9.84. The SMILES string of the molecule is CC(C)CCN1C(=O)C(C)(C)COc2cc(NC(=O)COc3ccc4ccccc4c3)ccc21. The van der Waals surface area contributed by atoms with E-state index in [0.717, 1.165) is 22.9 Å². The quantitative estimate of drug-likeness (QED) is 0.494. The third kappa shape index (κ3) is 5.33. The lowest BCUT2D eigenvalue weighted by Gasteiger charge is -2.28. The van der Waals surface area contributed by atoms with Gasteiger partial charge in [-0.1, -0.05) is 44.2 Å². The molecular formula is C28H32N2O4. The minimum atomic E-state index is -0.632. The molecule has 3 aromatic carbocycles. The summed E-state index contributed by atoms with van der Waals surface area (Å²) in [6, 6.07) is 19.2. The number of hydrogen-bond donors (Lipinski definition) is 1. The van der Waals surface area contributed by atoms with Crippen LogP contribution in [0.25, 0.3) is 10.8 Å². The predicted molar refractivity (Wildman–Crippen MR) is 136 cm³/mol. The number of hydrogen-bond acceptors (Lipinski definition) is 4. The van der Waals surface area contributed by atoms with E-state index in [-0.39, 0.29) is 25.0 Å². The minimum Gasteiger partial charge on any atom is -0.490 e. The van der Waals surface area contributed by atoms with Crippen LogP contribution in [0.2, 0.25) is 0 Å². The van der Waals surface area contributed by atoms with Crippen molar-refractivity contribution in [2.24, 2.45) is 11.3 Å². The van der Waals surface area contributed by atoms with Gasteiger partial charge in [-0.05, 0) is 61.2 Å². The zero-order valence-electron chi connectivity index (χ0n) is 20.3. The van der Waals surface area contributed by atoms with Crippen LogP contribution in [0.5, 0.6) is 11.5 Å². The van der Waals surface area contributed by atoms with Crippen LogP contribution >= 0.6 is 0 Å². The molecule has 0 radical (unpaired) electrons. The van der Waals surface area contributed by atoms with Crippen molar-refractivity contribution >= 4 is 34.0 Å². The zero-order valence-corrected chi connectivity index (χ0v) is 20.3. The highest BCUT2D eigenvalue weighted by Crippen LogP contribution is 2.38. The fraction of sp³-hybridized carbons (Fsp3) is 0.357. The Bertz CT molecular complexity index is 1200. The van der Waals surface area contributed by atoms with E-state index in [4.69, 9.17) is 9.47 Å². The van der Waals surface area contributed by atoms with Crippen LogP contribution in [0.3, 0.4) is 0 Å². The van der Waals surface area contributed by atoms with Crippen LogP contribution in [0.15, 0.2) is 60.7 Å². The molecule has 0 aromatic heterocycles. The Kier molecular flexibility index (Phi) is 6.77. The third-order valence-electron chi connectivity index (χ3n) is 5.97. The number of nitrogens with one attached hydrogen (secondary N) is 1. The smallest absolute Gasteiger partial charge is 0.262 e. The molecule has 0 atom stereocenters. The van der Waals surface area contributed by atoms with Gasteiger partial charge in [0.1, 0.15) is 18.1 Å². The van der Waals surface area contributed by atoms with E-state index in [1.165, 1.54) is 0 Å². The van der Waals surface area contributed by atoms with E-state index in [1.807, 2.05) is 67.3 Å². The molecule has 6 heteroatoms. The summed E-state index contributed by atoms with van der Waals surface area (Å²) in [5.74, 6) is 1.49. The highest BCUT2D eigenvalue weighted by Gasteiger charge is 2.37. The molecule has 0 bridgehead atoms. The van der Waals surface area contributed by atoms with Crippen LogP contribution in [0.1, 0.15) is 34.1 Å². The average molecular weight is 461 g/mol. The first-order valence-electron chi connectivity index (χ1n) is 11.7. The van der Waals surface area contributed by atoms with Gasteiger partial charge in [-0.25, -0.2) is 0 Å². The second kappa shape index (κ2) is 9.75. The maximum absolute atomic E-state index is 13.2. The van der Waals surface area contributed by atoms with Crippen molar-refractivity contribution in [3.63, 3.8) is 0 Å². The number of ether oxygens (including phenoxy) is 2. The Balaban J connectivity index is 1.45. The largest absolute Gasteiger partial charge is 0.490 e. The molecule has 3 aromatic rings. The predicted octanol–water partition coefficient (Wildman–Crippen LogP) is 5.66. The highest BCUT2D eigenvalue weighted by atomic mass is 16.5. The fourth-order valence-electron chi connectivity index (χ4n) is 3.94. The number of nitrogens with zero attached hydrogens (tertiary/aromatic N) is 1. The Labute approximate surface area is 200 Å². The van der Waals surface area contributed by atoms with Crippen LogP contribution in [-0.4, -0.2) is 31.6 Å². The van der Waals surface area contributed by atoms with Crippen molar-refractivity contribution in [2.75, 3.05) is 30.0 Å². The lowest BCUT2D eigenvalue weighted by Crippen LogP contribution is -2.42. The number of fused-ring (bicyclic) bond motifs is 2. The van der Waals surface area contributed by atoms with Gasteiger partial charge in [-0.2, -0.15) is 0 Å². The molecule has 0 spiro atoms. The molecule has 178 valence electrons.